The predicted octanol–water partition coefficient (Wildman–Crippen LogP) is 1.43. The van der Waals surface area contributed by atoms with Gasteiger partial charge in [-0.15, -0.1) is 0 Å². The number of nitrogens with two attached hydrogens (primary N) is 1. The minimum absolute atomic E-state index is 0.0191. The van der Waals surface area contributed by atoms with Gasteiger partial charge in [0.15, 0.2) is 15.8 Å². The Morgan fingerprint density at radius 3 is 2.30 bits per heavy atom. The van der Waals surface area contributed by atoms with E-state index in [0.29, 0.717) is 12.5 Å². The number of benzene rings is 1. The molecule has 3 N–H and O–H groups in total. The molecule has 0 aromatic heterocycles. The van der Waals surface area contributed by atoms with E-state index in [1.165, 1.54) is 6.26 Å². The fourth-order valence-corrected chi connectivity index (χ4v) is 2.58. The molecular weight excluding hydrogens is 274 g/mol. The van der Waals surface area contributed by atoms with Gasteiger partial charge in [0.2, 0.25) is 0 Å². The zero-order valence-electron chi connectivity index (χ0n) is 12.5. The predicted molar refractivity (Wildman–Crippen MR) is 83.2 cm³/mol. The van der Waals surface area contributed by atoms with E-state index in [4.69, 9.17) is 5.73 Å². The van der Waals surface area contributed by atoms with Crippen molar-refractivity contribution < 1.29 is 8.42 Å². The maximum atomic E-state index is 11.4. The van der Waals surface area contributed by atoms with Gasteiger partial charge in [-0.1, -0.05) is 24.3 Å². The van der Waals surface area contributed by atoms with Crippen LogP contribution in [0.1, 0.15) is 31.9 Å². The van der Waals surface area contributed by atoms with Gasteiger partial charge in [0.25, 0.3) is 0 Å². The Labute approximate surface area is 121 Å². The van der Waals surface area contributed by atoms with Crippen molar-refractivity contribution in [2.75, 3.05) is 6.26 Å². The van der Waals surface area contributed by atoms with Crippen LogP contribution in [0.2, 0.25) is 0 Å². The number of hydrogen-bond donors (Lipinski definition) is 2. The minimum atomic E-state index is -3.06. The van der Waals surface area contributed by atoms with Crippen molar-refractivity contribution in [2.24, 2.45) is 10.7 Å². The highest BCUT2D eigenvalue weighted by molar-refractivity contribution is 7.89. The van der Waals surface area contributed by atoms with Gasteiger partial charge in [-0.05, 0) is 31.9 Å². The highest BCUT2D eigenvalue weighted by Crippen LogP contribution is 2.13. The summed E-state index contributed by atoms with van der Waals surface area (Å²) >= 11 is 0. The Morgan fingerprint density at radius 1 is 1.25 bits per heavy atom. The molecule has 0 saturated carbocycles. The van der Waals surface area contributed by atoms with Crippen LogP contribution in [0.5, 0.6) is 0 Å². The van der Waals surface area contributed by atoms with Gasteiger partial charge in [0.05, 0.1) is 12.3 Å². The van der Waals surface area contributed by atoms with Gasteiger partial charge < -0.3 is 11.1 Å². The van der Waals surface area contributed by atoms with Gasteiger partial charge in [-0.3, -0.25) is 0 Å². The third kappa shape index (κ3) is 6.56. The summed E-state index contributed by atoms with van der Waals surface area (Å²) in [5.74, 6) is 0.373. The molecular formula is C14H23N3O2S. The number of guanidine groups is 1. The maximum Gasteiger partial charge on any atom is 0.189 e. The highest BCUT2D eigenvalue weighted by Gasteiger charge is 2.11. The van der Waals surface area contributed by atoms with E-state index in [-0.39, 0.29) is 11.3 Å². The van der Waals surface area contributed by atoms with Crippen LogP contribution in [0.15, 0.2) is 29.3 Å². The molecule has 0 saturated heterocycles. The number of hydrogen-bond acceptors (Lipinski definition) is 3. The molecule has 0 amide bonds. The Morgan fingerprint density at radius 2 is 1.80 bits per heavy atom. The molecule has 0 unspecified atom stereocenters. The molecule has 0 spiro atoms. The molecule has 20 heavy (non-hydrogen) atoms. The maximum absolute atomic E-state index is 11.4. The van der Waals surface area contributed by atoms with Crippen molar-refractivity contribution in [3.8, 4) is 0 Å². The van der Waals surface area contributed by atoms with Crippen molar-refractivity contribution in [2.45, 2.75) is 38.6 Å². The molecule has 0 aliphatic carbocycles. The lowest BCUT2D eigenvalue weighted by Gasteiger charge is -2.21. The van der Waals surface area contributed by atoms with E-state index in [1.54, 1.807) is 6.07 Å². The monoisotopic (exact) mass is 297 g/mol. The topological polar surface area (TPSA) is 84.5 Å². The molecule has 0 fully saturated rings. The first kappa shape index (κ1) is 16.5. The molecule has 6 heteroatoms. The Bertz CT molecular complexity index is 587. The number of sulfone groups is 1. The third-order valence-electron chi connectivity index (χ3n) is 2.46. The van der Waals surface area contributed by atoms with Crippen molar-refractivity contribution in [3.05, 3.63) is 35.4 Å². The van der Waals surface area contributed by atoms with Gasteiger partial charge in [-0.2, -0.15) is 0 Å². The van der Waals surface area contributed by atoms with Crippen molar-refractivity contribution in [1.82, 2.24) is 5.32 Å². The lowest BCUT2D eigenvalue weighted by Crippen LogP contribution is -2.45. The van der Waals surface area contributed by atoms with Gasteiger partial charge in [0.1, 0.15) is 0 Å². The molecule has 1 aromatic carbocycles. The summed E-state index contributed by atoms with van der Waals surface area (Å²) in [5.41, 5.74) is 7.29. The van der Waals surface area contributed by atoms with Crippen LogP contribution in [0.3, 0.4) is 0 Å². The molecule has 0 heterocycles. The van der Waals surface area contributed by atoms with E-state index in [2.05, 4.69) is 10.3 Å². The summed E-state index contributed by atoms with van der Waals surface area (Å²) in [4.78, 5) is 4.26. The largest absolute Gasteiger partial charge is 0.370 e. The number of rotatable bonds is 4. The van der Waals surface area contributed by atoms with Crippen LogP contribution >= 0.6 is 0 Å². The van der Waals surface area contributed by atoms with Crippen LogP contribution < -0.4 is 11.1 Å². The number of nitrogens with one attached hydrogen (secondary N) is 1. The highest BCUT2D eigenvalue weighted by atomic mass is 32.2. The second-order valence-corrected chi connectivity index (χ2v) is 8.06. The molecule has 1 rings (SSSR count). The SMILES string of the molecule is CC(C)(C)NC(N)=NCc1ccccc1CS(C)(=O)=O. The fraction of sp³-hybridized carbons (Fsp3) is 0.500. The summed E-state index contributed by atoms with van der Waals surface area (Å²) in [5, 5.41) is 3.07. The third-order valence-corrected chi connectivity index (χ3v) is 3.29. The van der Waals surface area contributed by atoms with Gasteiger partial charge >= 0.3 is 0 Å². The second-order valence-electron chi connectivity index (χ2n) is 5.92. The normalized spacial score (nSPS) is 13.3. The summed E-state index contributed by atoms with van der Waals surface area (Å²) < 4.78 is 22.8. The zero-order chi connectivity index (χ0) is 15.4. The average Bonchev–Trinajstić information content (AvgIpc) is 2.23. The molecule has 0 radical (unpaired) electrons. The fourth-order valence-electron chi connectivity index (χ4n) is 1.73. The molecule has 0 aliphatic rings. The average molecular weight is 297 g/mol. The molecule has 5 nitrogen and oxygen atoms in total. The molecule has 112 valence electrons. The first-order chi connectivity index (χ1) is 9.07. The Balaban J connectivity index is 2.85. The van der Waals surface area contributed by atoms with E-state index < -0.39 is 9.84 Å². The van der Waals surface area contributed by atoms with Gasteiger partial charge in [0, 0.05) is 11.8 Å². The molecule has 1 aromatic rings. The first-order valence-electron chi connectivity index (χ1n) is 6.39. The molecule has 0 atom stereocenters. The van der Waals surface area contributed by atoms with Crippen LogP contribution in [-0.4, -0.2) is 26.2 Å². The van der Waals surface area contributed by atoms with Crippen molar-refractivity contribution >= 4 is 15.8 Å². The molecule has 0 bridgehead atoms. The smallest absolute Gasteiger partial charge is 0.189 e. The number of aliphatic imine (C=N–C) groups is 1. The van der Waals surface area contributed by atoms with Crippen molar-refractivity contribution in [1.29, 1.82) is 0 Å². The summed E-state index contributed by atoms with van der Waals surface area (Å²) in [6, 6.07) is 7.36. The van der Waals surface area contributed by atoms with E-state index >= 15 is 0 Å². The second kappa shape index (κ2) is 6.26. The minimum Gasteiger partial charge on any atom is -0.370 e. The van der Waals surface area contributed by atoms with Crippen LogP contribution in [-0.2, 0) is 22.1 Å². The summed E-state index contributed by atoms with van der Waals surface area (Å²) in [6.45, 7) is 6.34. The first-order valence-corrected chi connectivity index (χ1v) is 8.45. The van der Waals surface area contributed by atoms with Gasteiger partial charge in [-0.25, -0.2) is 13.4 Å². The molecule has 0 aliphatic heterocycles. The van der Waals surface area contributed by atoms with E-state index in [0.717, 1.165) is 11.1 Å². The Hall–Kier alpha value is -1.56. The summed E-state index contributed by atoms with van der Waals surface area (Å²) in [6.07, 6.45) is 1.22. The van der Waals surface area contributed by atoms with E-state index in [9.17, 15) is 8.42 Å². The standard InChI is InChI=1S/C14H23N3O2S/c1-14(2,3)17-13(15)16-9-11-7-5-6-8-12(11)10-20(4,18)19/h5-8H,9-10H2,1-4H3,(H3,15,16,17). The van der Waals surface area contributed by atoms with Crippen molar-refractivity contribution in [3.63, 3.8) is 0 Å². The lowest BCUT2D eigenvalue weighted by atomic mass is 10.1. The zero-order valence-corrected chi connectivity index (χ0v) is 13.3. The quantitative estimate of drug-likeness (QED) is 0.650. The lowest BCUT2D eigenvalue weighted by molar-refractivity contribution is 0.508. The number of nitrogens with zero attached hydrogens (tertiary/aromatic N) is 1. The Kier molecular flexibility index (Phi) is 5.16. The van der Waals surface area contributed by atoms with Crippen LogP contribution in [0.25, 0.3) is 0 Å². The summed E-state index contributed by atoms with van der Waals surface area (Å²) in [7, 11) is -3.06. The van der Waals surface area contributed by atoms with Crippen LogP contribution in [0.4, 0.5) is 0 Å². The van der Waals surface area contributed by atoms with E-state index in [1.807, 2.05) is 39.0 Å². The van der Waals surface area contributed by atoms with Crippen LogP contribution in [0, 0.1) is 0 Å².